The highest BCUT2D eigenvalue weighted by Crippen LogP contribution is 2.34. The molecule has 0 amide bonds. The molecular formula is C13H27P. The lowest BCUT2D eigenvalue weighted by Crippen LogP contribution is -2.13. The Balaban J connectivity index is 2.59. The summed E-state index contributed by atoms with van der Waals surface area (Å²) in [7, 11) is 3.06. The van der Waals surface area contributed by atoms with Crippen molar-refractivity contribution < 1.29 is 0 Å². The van der Waals surface area contributed by atoms with Crippen LogP contribution in [0.4, 0.5) is 0 Å². The van der Waals surface area contributed by atoms with Crippen LogP contribution in [0.3, 0.4) is 0 Å². The molecule has 1 saturated carbocycles. The highest BCUT2D eigenvalue weighted by atomic mass is 31.0. The van der Waals surface area contributed by atoms with E-state index < -0.39 is 0 Å². The van der Waals surface area contributed by atoms with Gasteiger partial charge in [-0.1, -0.05) is 40.5 Å². The summed E-state index contributed by atoms with van der Waals surface area (Å²) in [4.78, 5) is 0. The molecule has 1 aliphatic carbocycles. The van der Waals surface area contributed by atoms with Crippen molar-refractivity contribution in [3.05, 3.63) is 0 Å². The summed E-state index contributed by atoms with van der Waals surface area (Å²) in [5, 5.41) is 0. The Bertz CT molecular complexity index is 149. The number of hydrogen-bond acceptors (Lipinski definition) is 0. The Labute approximate surface area is 92.4 Å². The van der Waals surface area contributed by atoms with Gasteiger partial charge in [-0.25, -0.2) is 0 Å². The molecule has 1 aliphatic rings. The van der Waals surface area contributed by atoms with E-state index >= 15 is 0 Å². The normalized spacial score (nSPS) is 46.5. The quantitative estimate of drug-likeness (QED) is 0.526. The molecule has 1 rings (SSSR count). The van der Waals surface area contributed by atoms with E-state index in [0.717, 1.165) is 29.3 Å². The predicted octanol–water partition coefficient (Wildman–Crippen LogP) is 4.35. The number of rotatable bonds is 0. The van der Waals surface area contributed by atoms with E-state index in [4.69, 9.17) is 0 Å². The standard InChI is InChI=1S/C13H27P/c1-9-5-6-10(2)12(4)8-13(14)7-11(9)3/h9-13H,5-8,14H2,1-4H3. The van der Waals surface area contributed by atoms with Crippen LogP contribution in [0.1, 0.15) is 53.4 Å². The molecule has 14 heavy (non-hydrogen) atoms. The van der Waals surface area contributed by atoms with Gasteiger partial charge in [0.05, 0.1) is 0 Å². The first-order chi connectivity index (χ1) is 6.50. The van der Waals surface area contributed by atoms with Crippen LogP contribution < -0.4 is 0 Å². The summed E-state index contributed by atoms with van der Waals surface area (Å²) in [6.45, 7) is 9.74. The molecular weight excluding hydrogens is 187 g/mol. The van der Waals surface area contributed by atoms with E-state index in [1.165, 1.54) is 25.7 Å². The van der Waals surface area contributed by atoms with Gasteiger partial charge < -0.3 is 0 Å². The second-order valence-electron chi connectivity index (χ2n) is 5.72. The predicted molar refractivity (Wildman–Crippen MR) is 68.6 cm³/mol. The molecule has 0 aromatic heterocycles. The molecule has 0 spiro atoms. The Morgan fingerprint density at radius 3 is 1.43 bits per heavy atom. The van der Waals surface area contributed by atoms with Crippen molar-refractivity contribution in [1.82, 2.24) is 0 Å². The molecule has 5 atom stereocenters. The highest BCUT2D eigenvalue weighted by molar-refractivity contribution is 7.17. The van der Waals surface area contributed by atoms with Crippen LogP contribution in [-0.4, -0.2) is 5.66 Å². The lowest BCUT2D eigenvalue weighted by Gasteiger charge is -2.22. The van der Waals surface area contributed by atoms with Crippen molar-refractivity contribution in [2.24, 2.45) is 23.7 Å². The van der Waals surface area contributed by atoms with Gasteiger partial charge in [0, 0.05) is 0 Å². The molecule has 5 unspecified atom stereocenters. The van der Waals surface area contributed by atoms with Gasteiger partial charge >= 0.3 is 0 Å². The average molecular weight is 214 g/mol. The fourth-order valence-corrected chi connectivity index (χ4v) is 3.47. The van der Waals surface area contributed by atoms with Gasteiger partial charge in [0.25, 0.3) is 0 Å². The van der Waals surface area contributed by atoms with E-state index in [0.29, 0.717) is 0 Å². The summed E-state index contributed by atoms with van der Waals surface area (Å²) >= 11 is 0. The minimum atomic E-state index is 0.850. The van der Waals surface area contributed by atoms with Crippen molar-refractivity contribution in [3.63, 3.8) is 0 Å². The van der Waals surface area contributed by atoms with Gasteiger partial charge in [-0.3, -0.25) is 0 Å². The van der Waals surface area contributed by atoms with Crippen molar-refractivity contribution in [2.75, 3.05) is 0 Å². The Hall–Kier alpha value is 0.430. The smallest absolute Gasteiger partial charge is 0.0259 e. The van der Waals surface area contributed by atoms with E-state index in [-0.39, 0.29) is 0 Å². The van der Waals surface area contributed by atoms with E-state index in [2.05, 4.69) is 36.9 Å². The van der Waals surface area contributed by atoms with Crippen molar-refractivity contribution in [2.45, 2.75) is 59.0 Å². The third kappa shape index (κ3) is 3.54. The Kier molecular flexibility index (Phi) is 4.91. The molecule has 0 aromatic rings. The summed E-state index contributed by atoms with van der Waals surface area (Å²) in [5.41, 5.74) is 0.850. The van der Waals surface area contributed by atoms with Gasteiger partial charge in [0.15, 0.2) is 0 Å². The first kappa shape index (κ1) is 12.5. The molecule has 1 heteroatoms. The zero-order valence-electron chi connectivity index (χ0n) is 10.3. The molecule has 0 nitrogen and oxygen atoms in total. The Morgan fingerprint density at radius 2 is 1.07 bits per heavy atom. The van der Waals surface area contributed by atoms with Gasteiger partial charge in [0.1, 0.15) is 0 Å². The molecule has 0 heterocycles. The summed E-state index contributed by atoms with van der Waals surface area (Å²) < 4.78 is 0. The topological polar surface area (TPSA) is 0 Å². The zero-order chi connectivity index (χ0) is 10.7. The molecule has 1 fully saturated rings. The van der Waals surface area contributed by atoms with Gasteiger partial charge in [-0.2, -0.15) is 0 Å². The van der Waals surface area contributed by atoms with Crippen LogP contribution in [0.5, 0.6) is 0 Å². The average Bonchev–Trinajstić information content (AvgIpc) is 2.14. The minimum Gasteiger partial charge on any atom is -0.134 e. The first-order valence-electron chi connectivity index (χ1n) is 6.26. The SMILES string of the molecule is CC1CCC(C)C(C)CC(P)CC1C. The second kappa shape index (κ2) is 5.50. The van der Waals surface area contributed by atoms with Crippen LogP contribution in [0.15, 0.2) is 0 Å². The maximum Gasteiger partial charge on any atom is -0.0259 e. The van der Waals surface area contributed by atoms with Crippen LogP contribution >= 0.6 is 9.24 Å². The van der Waals surface area contributed by atoms with Crippen LogP contribution in [0.25, 0.3) is 0 Å². The molecule has 0 N–H and O–H groups in total. The van der Waals surface area contributed by atoms with Crippen molar-refractivity contribution in [1.29, 1.82) is 0 Å². The first-order valence-corrected chi connectivity index (χ1v) is 6.93. The zero-order valence-corrected chi connectivity index (χ0v) is 11.4. The fraction of sp³-hybridized carbons (Fsp3) is 1.00. The molecule has 0 aromatic carbocycles. The number of hydrogen-bond donors (Lipinski definition) is 0. The highest BCUT2D eigenvalue weighted by Gasteiger charge is 2.23. The minimum absolute atomic E-state index is 0.850. The lowest BCUT2D eigenvalue weighted by molar-refractivity contribution is 0.312. The maximum atomic E-state index is 3.06. The largest absolute Gasteiger partial charge is 0.134 e. The molecule has 0 saturated heterocycles. The molecule has 0 aliphatic heterocycles. The summed E-state index contributed by atoms with van der Waals surface area (Å²) in [6.07, 6.45) is 5.68. The summed E-state index contributed by atoms with van der Waals surface area (Å²) in [6, 6.07) is 0. The van der Waals surface area contributed by atoms with Gasteiger partial charge in [-0.15, -0.1) is 9.24 Å². The molecule has 84 valence electrons. The Morgan fingerprint density at radius 1 is 0.714 bits per heavy atom. The fourth-order valence-electron chi connectivity index (χ4n) is 2.61. The van der Waals surface area contributed by atoms with Crippen LogP contribution in [0.2, 0.25) is 0 Å². The van der Waals surface area contributed by atoms with E-state index in [1.54, 1.807) is 0 Å². The monoisotopic (exact) mass is 214 g/mol. The van der Waals surface area contributed by atoms with Gasteiger partial charge in [0.2, 0.25) is 0 Å². The van der Waals surface area contributed by atoms with Gasteiger partial charge in [-0.05, 0) is 42.2 Å². The summed E-state index contributed by atoms with van der Waals surface area (Å²) in [5.74, 6) is 3.67. The van der Waals surface area contributed by atoms with Crippen molar-refractivity contribution >= 4 is 9.24 Å². The van der Waals surface area contributed by atoms with E-state index in [9.17, 15) is 0 Å². The third-order valence-electron chi connectivity index (χ3n) is 4.37. The lowest BCUT2D eigenvalue weighted by atomic mass is 9.86. The van der Waals surface area contributed by atoms with Crippen LogP contribution in [0, 0.1) is 23.7 Å². The molecule has 0 bridgehead atoms. The second-order valence-corrected chi connectivity index (χ2v) is 6.66. The van der Waals surface area contributed by atoms with E-state index in [1.807, 2.05) is 0 Å². The van der Waals surface area contributed by atoms with Crippen molar-refractivity contribution in [3.8, 4) is 0 Å². The molecule has 0 radical (unpaired) electrons. The maximum absolute atomic E-state index is 3.06. The van der Waals surface area contributed by atoms with Crippen LogP contribution in [-0.2, 0) is 0 Å². The third-order valence-corrected chi connectivity index (χ3v) is 4.91.